The maximum absolute atomic E-state index is 13.3. The van der Waals surface area contributed by atoms with Crippen LogP contribution in [0.25, 0.3) is 0 Å². The Morgan fingerprint density at radius 1 is 1.50 bits per heavy atom. The summed E-state index contributed by atoms with van der Waals surface area (Å²) in [5, 5.41) is 22.5. The van der Waals surface area contributed by atoms with Crippen LogP contribution in [-0.4, -0.2) is 23.2 Å². The number of halogens is 1. The van der Waals surface area contributed by atoms with Crippen LogP contribution < -0.4 is 5.32 Å². The van der Waals surface area contributed by atoms with Crippen LogP contribution in [0.1, 0.15) is 20.3 Å². The summed E-state index contributed by atoms with van der Waals surface area (Å²) in [5.41, 5.74) is -0.613. The zero-order valence-electron chi connectivity index (χ0n) is 10.4. The van der Waals surface area contributed by atoms with Gasteiger partial charge in [-0.1, -0.05) is 19.9 Å². The predicted molar refractivity (Wildman–Crippen MR) is 67.0 cm³/mol. The first kappa shape index (κ1) is 14.4. The van der Waals surface area contributed by atoms with E-state index in [1.165, 1.54) is 12.1 Å². The maximum Gasteiger partial charge on any atom is 0.327 e. The van der Waals surface area contributed by atoms with Gasteiger partial charge in [-0.2, -0.15) is 4.39 Å². The van der Waals surface area contributed by atoms with E-state index >= 15 is 0 Å². The molecule has 6 heteroatoms. The van der Waals surface area contributed by atoms with Crippen molar-refractivity contribution in [3.63, 3.8) is 0 Å². The van der Waals surface area contributed by atoms with Gasteiger partial charge in [0, 0.05) is 13.2 Å². The monoisotopic (exact) mass is 256 g/mol. The van der Waals surface area contributed by atoms with Crippen molar-refractivity contribution in [1.29, 1.82) is 0 Å². The van der Waals surface area contributed by atoms with E-state index in [0.717, 1.165) is 6.07 Å². The molecule has 2 N–H and O–H groups in total. The first-order valence-electron chi connectivity index (χ1n) is 5.65. The van der Waals surface area contributed by atoms with E-state index in [2.05, 4.69) is 5.32 Å². The number of hydrogen-bond donors (Lipinski definition) is 2. The average Bonchev–Trinajstić information content (AvgIpc) is 2.26. The number of hydrogen-bond acceptors (Lipinski definition) is 4. The van der Waals surface area contributed by atoms with Gasteiger partial charge in [0.1, 0.15) is 5.69 Å². The number of nitrogens with one attached hydrogen (secondary N) is 1. The van der Waals surface area contributed by atoms with Crippen molar-refractivity contribution >= 4 is 11.4 Å². The summed E-state index contributed by atoms with van der Waals surface area (Å²) in [6.45, 7) is 4.29. The van der Waals surface area contributed by atoms with Gasteiger partial charge in [0.25, 0.3) is 0 Å². The van der Waals surface area contributed by atoms with Crippen molar-refractivity contribution in [2.45, 2.75) is 20.3 Å². The van der Waals surface area contributed by atoms with Crippen LogP contribution in [0, 0.1) is 21.3 Å². The highest BCUT2D eigenvalue weighted by atomic mass is 19.1. The lowest BCUT2D eigenvalue weighted by Crippen LogP contribution is -2.24. The molecule has 0 aliphatic rings. The molecule has 0 heterocycles. The normalized spacial score (nSPS) is 11.3. The van der Waals surface area contributed by atoms with Crippen molar-refractivity contribution in [2.75, 3.05) is 18.5 Å². The standard InChI is InChI=1S/C12H17FN2O3/c1-12(2,6-7-16)8-14-10-5-3-4-9(13)11(10)15(17)18/h3-5,14,16H,6-8H2,1-2H3. The van der Waals surface area contributed by atoms with E-state index in [9.17, 15) is 14.5 Å². The summed E-state index contributed by atoms with van der Waals surface area (Å²) >= 11 is 0. The van der Waals surface area contributed by atoms with Crippen LogP contribution in [0.3, 0.4) is 0 Å². The summed E-state index contributed by atoms with van der Waals surface area (Å²) in [6.07, 6.45) is 0.559. The Kier molecular flexibility index (Phi) is 4.61. The highest BCUT2D eigenvalue weighted by molar-refractivity contribution is 5.62. The second-order valence-electron chi connectivity index (χ2n) is 4.88. The zero-order chi connectivity index (χ0) is 13.8. The lowest BCUT2D eigenvalue weighted by atomic mass is 9.89. The highest BCUT2D eigenvalue weighted by Crippen LogP contribution is 2.29. The molecule has 1 aromatic carbocycles. The van der Waals surface area contributed by atoms with Gasteiger partial charge in [-0.15, -0.1) is 0 Å². The average molecular weight is 256 g/mol. The van der Waals surface area contributed by atoms with Gasteiger partial charge >= 0.3 is 5.69 Å². The van der Waals surface area contributed by atoms with Crippen LogP contribution in [0.15, 0.2) is 18.2 Å². The van der Waals surface area contributed by atoms with Gasteiger partial charge in [-0.05, 0) is 24.0 Å². The third-order valence-corrected chi connectivity index (χ3v) is 2.72. The molecule has 0 aromatic heterocycles. The molecule has 0 spiro atoms. The summed E-state index contributed by atoms with van der Waals surface area (Å²) in [4.78, 5) is 10.0. The third-order valence-electron chi connectivity index (χ3n) is 2.72. The topological polar surface area (TPSA) is 75.4 Å². The summed E-state index contributed by atoms with van der Waals surface area (Å²) < 4.78 is 13.3. The van der Waals surface area contributed by atoms with Crippen molar-refractivity contribution in [3.05, 3.63) is 34.1 Å². The SMILES string of the molecule is CC(C)(CCO)CNc1cccc(F)c1[N+](=O)[O-]. The molecule has 0 fully saturated rings. The van der Waals surface area contributed by atoms with Crippen LogP contribution in [0.5, 0.6) is 0 Å². The second-order valence-corrected chi connectivity index (χ2v) is 4.88. The minimum Gasteiger partial charge on any atom is -0.396 e. The summed E-state index contributed by atoms with van der Waals surface area (Å²) in [5.74, 6) is -0.857. The molecule has 0 radical (unpaired) electrons. The molecule has 0 aliphatic carbocycles. The molecular formula is C12H17FN2O3. The Hall–Kier alpha value is -1.69. The van der Waals surface area contributed by atoms with Crippen LogP contribution >= 0.6 is 0 Å². The zero-order valence-corrected chi connectivity index (χ0v) is 10.4. The molecule has 0 bridgehead atoms. The van der Waals surface area contributed by atoms with E-state index in [0.29, 0.717) is 13.0 Å². The Morgan fingerprint density at radius 3 is 2.72 bits per heavy atom. The maximum atomic E-state index is 13.3. The van der Waals surface area contributed by atoms with E-state index in [4.69, 9.17) is 5.11 Å². The van der Waals surface area contributed by atoms with Crippen molar-refractivity contribution in [2.24, 2.45) is 5.41 Å². The minimum absolute atomic E-state index is 0.0416. The van der Waals surface area contributed by atoms with Gasteiger partial charge in [0.05, 0.1) is 4.92 Å². The first-order valence-corrected chi connectivity index (χ1v) is 5.65. The molecular weight excluding hydrogens is 239 g/mol. The Labute approximate surface area is 105 Å². The molecule has 18 heavy (non-hydrogen) atoms. The third kappa shape index (κ3) is 3.66. The molecule has 0 aliphatic heterocycles. The van der Waals surface area contributed by atoms with Crippen LogP contribution in [-0.2, 0) is 0 Å². The fourth-order valence-electron chi connectivity index (χ4n) is 1.57. The first-order chi connectivity index (χ1) is 8.37. The molecule has 0 saturated heterocycles. The fraction of sp³-hybridized carbons (Fsp3) is 0.500. The van der Waals surface area contributed by atoms with Gasteiger partial charge < -0.3 is 10.4 Å². The molecule has 0 amide bonds. The number of rotatable bonds is 6. The Balaban J connectivity index is 2.85. The number of nitrogens with zero attached hydrogens (tertiary/aromatic N) is 1. The largest absolute Gasteiger partial charge is 0.396 e. The number of nitro benzene ring substituents is 1. The lowest BCUT2D eigenvalue weighted by molar-refractivity contribution is -0.386. The summed E-state index contributed by atoms with van der Waals surface area (Å²) in [6, 6.07) is 3.95. The molecule has 1 aromatic rings. The van der Waals surface area contributed by atoms with Gasteiger partial charge in [-0.3, -0.25) is 10.1 Å². The quantitative estimate of drug-likeness (QED) is 0.606. The van der Waals surface area contributed by atoms with Gasteiger partial charge in [0.15, 0.2) is 0 Å². The van der Waals surface area contributed by atoms with Crippen molar-refractivity contribution < 1.29 is 14.4 Å². The van der Waals surface area contributed by atoms with Crippen molar-refractivity contribution in [1.82, 2.24) is 0 Å². The molecule has 1 rings (SSSR count). The summed E-state index contributed by atoms with van der Waals surface area (Å²) in [7, 11) is 0. The van der Waals surface area contributed by atoms with E-state index in [1.807, 2.05) is 13.8 Å². The number of anilines is 1. The number of nitro groups is 1. The number of aliphatic hydroxyl groups is 1. The second kappa shape index (κ2) is 5.77. The molecule has 5 nitrogen and oxygen atoms in total. The molecule has 0 atom stereocenters. The lowest BCUT2D eigenvalue weighted by Gasteiger charge is -2.24. The van der Waals surface area contributed by atoms with Crippen LogP contribution in [0.2, 0.25) is 0 Å². The van der Waals surface area contributed by atoms with Gasteiger partial charge in [-0.25, -0.2) is 0 Å². The number of para-hydroxylation sites is 1. The Morgan fingerprint density at radius 2 is 2.17 bits per heavy atom. The fourth-order valence-corrected chi connectivity index (χ4v) is 1.57. The molecule has 0 unspecified atom stereocenters. The highest BCUT2D eigenvalue weighted by Gasteiger charge is 2.22. The van der Waals surface area contributed by atoms with Crippen molar-refractivity contribution in [3.8, 4) is 0 Å². The smallest absolute Gasteiger partial charge is 0.327 e. The molecule has 0 saturated carbocycles. The number of aliphatic hydroxyl groups excluding tert-OH is 1. The van der Waals surface area contributed by atoms with E-state index in [-0.39, 0.29) is 17.7 Å². The van der Waals surface area contributed by atoms with Gasteiger partial charge in [0.2, 0.25) is 5.82 Å². The molecule has 100 valence electrons. The predicted octanol–water partition coefficient (Wildman–Crippen LogP) is 2.55. The van der Waals surface area contributed by atoms with E-state index < -0.39 is 16.4 Å². The number of benzene rings is 1. The van der Waals surface area contributed by atoms with E-state index in [1.54, 1.807) is 0 Å². The minimum atomic E-state index is -0.857. The van der Waals surface area contributed by atoms with Crippen LogP contribution in [0.4, 0.5) is 15.8 Å². The Bertz CT molecular complexity index is 435.